The topological polar surface area (TPSA) is 73.8 Å². The third kappa shape index (κ3) is 2.94. The van der Waals surface area contributed by atoms with Crippen LogP contribution in [0.2, 0.25) is 0 Å². The van der Waals surface area contributed by atoms with E-state index in [4.69, 9.17) is 4.42 Å². The summed E-state index contributed by atoms with van der Waals surface area (Å²) < 4.78 is 7.35. The average Bonchev–Trinajstić information content (AvgIpc) is 3.05. The van der Waals surface area contributed by atoms with Gasteiger partial charge in [0.05, 0.1) is 0 Å². The van der Waals surface area contributed by atoms with E-state index in [0.29, 0.717) is 22.2 Å². The molecule has 0 aliphatic heterocycles. The molecule has 0 bridgehead atoms. The van der Waals surface area contributed by atoms with Gasteiger partial charge in [-0.15, -0.1) is 10.2 Å². The van der Waals surface area contributed by atoms with Crippen molar-refractivity contribution >= 4 is 22.7 Å². The van der Waals surface area contributed by atoms with E-state index in [-0.39, 0.29) is 5.63 Å². The fourth-order valence-corrected chi connectivity index (χ4v) is 3.49. The summed E-state index contributed by atoms with van der Waals surface area (Å²) in [5.41, 5.74) is 1.13. The van der Waals surface area contributed by atoms with Crippen LogP contribution in [0.4, 0.5) is 0 Å². The Bertz CT molecular complexity index is 1090. The lowest BCUT2D eigenvalue weighted by molar-refractivity contribution is 0.543. The molecular weight excluding hydrogens is 336 g/mol. The summed E-state index contributed by atoms with van der Waals surface area (Å²) in [5, 5.41) is 10.1. The molecular formula is C18H14N4O2S. The van der Waals surface area contributed by atoms with Crippen molar-refractivity contribution in [2.45, 2.75) is 23.5 Å². The zero-order valence-corrected chi connectivity index (χ0v) is 14.2. The average molecular weight is 350 g/mol. The Balaban J connectivity index is 1.76. The van der Waals surface area contributed by atoms with E-state index in [0.717, 1.165) is 16.8 Å². The molecule has 4 rings (SSSR count). The maximum Gasteiger partial charge on any atom is 0.350 e. The fourth-order valence-electron chi connectivity index (χ4n) is 2.58. The Morgan fingerprint density at radius 1 is 1.12 bits per heavy atom. The van der Waals surface area contributed by atoms with E-state index in [1.54, 1.807) is 18.5 Å². The number of hydrogen-bond donors (Lipinski definition) is 0. The van der Waals surface area contributed by atoms with Crippen LogP contribution >= 0.6 is 11.8 Å². The van der Waals surface area contributed by atoms with Gasteiger partial charge in [0, 0.05) is 29.9 Å². The quantitative estimate of drug-likeness (QED) is 0.523. The van der Waals surface area contributed by atoms with Crippen LogP contribution in [0.25, 0.3) is 22.4 Å². The number of fused-ring (bicyclic) bond motifs is 1. The fraction of sp³-hybridized carbons (Fsp3) is 0.111. The second-order valence-corrected chi connectivity index (χ2v) is 6.33. The minimum Gasteiger partial charge on any atom is -0.422 e. The molecule has 7 heteroatoms. The molecule has 25 heavy (non-hydrogen) atoms. The van der Waals surface area contributed by atoms with E-state index < -0.39 is 0 Å². The number of pyridine rings is 1. The number of hydrogen-bond acceptors (Lipinski definition) is 6. The Morgan fingerprint density at radius 3 is 2.72 bits per heavy atom. The van der Waals surface area contributed by atoms with Gasteiger partial charge in [0.2, 0.25) is 0 Å². The van der Waals surface area contributed by atoms with Crippen molar-refractivity contribution in [2.24, 2.45) is 0 Å². The van der Waals surface area contributed by atoms with Gasteiger partial charge >= 0.3 is 5.63 Å². The first-order valence-electron chi connectivity index (χ1n) is 7.80. The first kappa shape index (κ1) is 15.6. The summed E-state index contributed by atoms with van der Waals surface area (Å²) in [6, 6.07) is 13.0. The first-order valence-corrected chi connectivity index (χ1v) is 8.62. The highest BCUT2D eigenvalue weighted by Gasteiger charge is 2.16. The molecule has 0 atom stereocenters. The maximum atomic E-state index is 12.3. The lowest BCUT2D eigenvalue weighted by Gasteiger charge is -2.07. The molecule has 0 N–H and O–H groups in total. The van der Waals surface area contributed by atoms with Crippen molar-refractivity contribution in [2.75, 3.05) is 0 Å². The highest BCUT2D eigenvalue weighted by Crippen LogP contribution is 2.29. The highest BCUT2D eigenvalue weighted by molar-refractivity contribution is 7.99. The smallest absolute Gasteiger partial charge is 0.350 e. The molecule has 0 saturated heterocycles. The highest BCUT2D eigenvalue weighted by atomic mass is 32.2. The molecule has 3 aromatic heterocycles. The van der Waals surface area contributed by atoms with Gasteiger partial charge in [0.25, 0.3) is 0 Å². The molecule has 1 aromatic carbocycles. The van der Waals surface area contributed by atoms with Crippen molar-refractivity contribution in [3.05, 3.63) is 65.3 Å². The summed E-state index contributed by atoms with van der Waals surface area (Å²) in [6.07, 6.45) is 3.43. The van der Waals surface area contributed by atoms with Gasteiger partial charge in [-0.1, -0.05) is 18.2 Å². The molecule has 124 valence electrons. The van der Waals surface area contributed by atoms with Gasteiger partial charge < -0.3 is 8.98 Å². The van der Waals surface area contributed by atoms with Crippen molar-refractivity contribution in [1.29, 1.82) is 0 Å². The van der Waals surface area contributed by atoms with Crippen LogP contribution in [0.1, 0.15) is 6.92 Å². The number of rotatable bonds is 4. The summed E-state index contributed by atoms with van der Waals surface area (Å²) in [7, 11) is 0. The predicted molar refractivity (Wildman–Crippen MR) is 95.5 cm³/mol. The van der Waals surface area contributed by atoms with E-state index in [1.165, 1.54) is 11.8 Å². The minimum atomic E-state index is -0.375. The molecule has 0 saturated carbocycles. The molecule has 4 aromatic rings. The van der Waals surface area contributed by atoms with Gasteiger partial charge in [0.15, 0.2) is 11.0 Å². The van der Waals surface area contributed by atoms with Gasteiger partial charge in [-0.3, -0.25) is 4.98 Å². The van der Waals surface area contributed by atoms with Gasteiger partial charge in [-0.25, -0.2) is 4.79 Å². The zero-order valence-electron chi connectivity index (χ0n) is 13.4. The molecule has 0 aliphatic carbocycles. The molecule has 0 fully saturated rings. The Kier molecular flexibility index (Phi) is 4.07. The maximum absolute atomic E-state index is 12.3. The SMILES string of the molecule is CCn1c(Sc2cc3ccccc3oc2=O)nnc1-c1ccncc1. The normalized spacial score (nSPS) is 11.1. The second kappa shape index (κ2) is 6.52. The van der Waals surface area contributed by atoms with E-state index in [2.05, 4.69) is 15.2 Å². The van der Waals surface area contributed by atoms with E-state index in [1.807, 2.05) is 47.9 Å². The monoisotopic (exact) mass is 350 g/mol. The number of aromatic nitrogens is 4. The van der Waals surface area contributed by atoms with Crippen molar-refractivity contribution < 1.29 is 4.42 Å². The van der Waals surface area contributed by atoms with Crippen molar-refractivity contribution in [3.63, 3.8) is 0 Å². The van der Waals surface area contributed by atoms with E-state index >= 15 is 0 Å². The second-order valence-electron chi connectivity index (χ2n) is 5.32. The van der Waals surface area contributed by atoms with Crippen LogP contribution < -0.4 is 5.63 Å². The first-order chi connectivity index (χ1) is 12.3. The number of para-hydroxylation sites is 1. The standard InChI is InChI=1S/C18H14N4O2S/c1-2-22-16(12-7-9-19-10-8-12)20-21-18(22)25-15-11-13-5-3-4-6-14(13)24-17(15)23/h3-11H,2H2,1H3. The summed E-state index contributed by atoms with van der Waals surface area (Å²) in [6.45, 7) is 2.70. The van der Waals surface area contributed by atoms with Crippen LogP contribution in [-0.4, -0.2) is 19.7 Å². The van der Waals surface area contributed by atoms with Crippen LogP contribution in [0.15, 0.2) is 74.1 Å². The largest absolute Gasteiger partial charge is 0.422 e. The number of benzene rings is 1. The third-order valence-corrected chi connectivity index (χ3v) is 4.77. The Hall–Kier alpha value is -2.93. The van der Waals surface area contributed by atoms with Crippen LogP contribution in [0.5, 0.6) is 0 Å². The summed E-state index contributed by atoms with van der Waals surface area (Å²) >= 11 is 1.26. The Labute approximate surface area is 147 Å². The molecule has 0 aliphatic rings. The van der Waals surface area contributed by atoms with Crippen molar-refractivity contribution in [1.82, 2.24) is 19.7 Å². The van der Waals surface area contributed by atoms with Crippen LogP contribution in [-0.2, 0) is 6.54 Å². The van der Waals surface area contributed by atoms with E-state index in [9.17, 15) is 4.79 Å². The summed E-state index contributed by atoms with van der Waals surface area (Å²) in [4.78, 5) is 16.8. The molecule has 6 nitrogen and oxygen atoms in total. The van der Waals surface area contributed by atoms with Crippen LogP contribution in [0.3, 0.4) is 0 Å². The molecule has 0 unspecified atom stereocenters. The van der Waals surface area contributed by atoms with Crippen LogP contribution in [0, 0.1) is 0 Å². The molecule has 0 spiro atoms. The van der Waals surface area contributed by atoms with Crippen molar-refractivity contribution in [3.8, 4) is 11.4 Å². The lowest BCUT2D eigenvalue weighted by Crippen LogP contribution is -2.04. The van der Waals surface area contributed by atoms with Gasteiger partial charge in [-0.2, -0.15) is 0 Å². The zero-order chi connectivity index (χ0) is 17.2. The molecule has 0 radical (unpaired) electrons. The van der Waals surface area contributed by atoms with Gasteiger partial charge in [0.1, 0.15) is 10.5 Å². The molecule has 0 amide bonds. The van der Waals surface area contributed by atoms with Gasteiger partial charge in [-0.05, 0) is 43.0 Å². The minimum absolute atomic E-state index is 0.375. The number of nitrogens with zero attached hydrogens (tertiary/aromatic N) is 4. The lowest BCUT2D eigenvalue weighted by atomic mass is 10.2. The predicted octanol–water partition coefficient (Wildman–Crippen LogP) is 3.62. The third-order valence-electron chi connectivity index (χ3n) is 3.78. The Morgan fingerprint density at radius 2 is 1.92 bits per heavy atom. The summed E-state index contributed by atoms with van der Waals surface area (Å²) in [5.74, 6) is 0.748. The molecule has 3 heterocycles.